The number of hydrogen-bond acceptors (Lipinski definition) is 5. The third-order valence-electron chi connectivity index (χ3n) is 5.40. The first-order chi connectivity index (χ1) is 13.3. The highest BCUT2D eigenvalue weighted by molar-refractivity contribution is 5.90. The van der Waals surface area contributed by atoms with Crippen LogP contribution in [-0.4, -0.2) is 44.5 Å². The first-order valence-electron chi connectivity index (χ1n) is 9.57. The zero-order valence-corrected chi connectivity index (χ0v) is 16.9. The number of aromatic nitrogens is 4. The molecule has 1 fully saturated rings. The predicted molar refractivity (Wildman–Crippen MR) is 104 cm³/mol. The van der Waals surface area contributed by atoms with Gasteiger partial charge in [0.2, 0.25) is 11.8 Å². The van der Waals surface area contributed by atoms with Crippen molar-refractivity contribution >= 4 is 11.8 Å². The molecule has 2 aromatic rings. The summed E-state index contributed by atoms with van der Waals surface area (Å²) < 4.78 is 3.41. The van der Waals surface area contributed by atoms with Crippen molar-refractivity contribution in [1.82, 2.24) is 35.5 Å². The van der Waals surface area contributed by atoms with Gasteiger partial charge in [-0.05, 0) is 26.8 Å². The van der Waals surface area contributed by atoms with Crippen molar-refractivity contribution in [2.45, 2.75) is 38.8 Å². The molecule has 1 aliphatic rings. The molecule has 2 aromatic heterocycles. The summed E-state index contributed by atoms with van der Waals surface area (Å²) in [6, 6.07) is -0.332. The molecule has 9 heteroatoms. The van der Waals surface area contributed by atoms with Crippen LogP contribution in [0.25, 0.3) is 0 Å². The molecule has 0 spiro atoms. The van der Waals surface area contributed by atoms with Gasteiger partial charge in [-0.3, -0.25) is 19.0 Å². The van der Waals surface area contributed by atoms with Gasteiger partial charge in [0.25, 0.3) is 0 Å². The van der Waals surface area contributed by atoms with Crippen molar-refractivity contribution in [1.29, 1.82) is 0 Å². The van der Waals surface area contributed by atoms with E-state index in [-0.39, 0.29) is 30.3 Å². The van der Waals surface area contributed by atoms with Gasteiger partial charge < -0.3 is 16.0 Å². The van der Waals surface area contributed by atoms with E-state index < -0.39 is 5.41 Å². The van der Waals surface area contributed by atoms with Crippen LogP contribution >= 0.6 is 0 Å². The smallest absolute Gasteiger partial charge is 0.228 e. The van der Waals surface area contributed by atoms with Gasteiger partial charge in [0.15, 0.2) is 0 Å². The van der Waals surface area contributed by atoms with Crippen molar-refractivity contribution in [2.24, 2.45) is 19.5 Å². The second kappa shape index (κ2) is 8.14. The molecule has 1 aliphatic heterocycles. The number of hydrogen-bond donors (Lipinski definition) is 3. The van der Waals surface area contributed by atoms with E-state index in [9.17, 15) is 9.59 Å². The summed E-state index contributed by atoms with van der Waals surface area (Å²) in [5.41, 5.74) is 1.13. The first kappa shape index (κ1) is 20.1. The van der Waals surface area contributed by atoms with Crippen LogP contribution in [0.3, 0.4) is 0 Å². The fraction of sp³-hybridized carbons (Fsp3) is 0.579. The lowest BCUT2D eigenvalue weighted by Gasteiger charge is -2.28. The third kappa shape index (κ3) is 4.41. The molecular weight excluding hydrogens is 358 g/mol. The second-order valence-corrected chi connectivity index (χ2v) is 7.76. The Balaban J connectivity index is 1.64. The third-order valence-corrected chi connectivity index (χ3v) is 5.40. The maximum absolute atomic E-state index is 13.1. The van der Waals surface area contributed by atoms with Crippen LogP contribution in [0, 0.1) is 5.41 Å². The lowest BCUT2D eigenvalue weighted by Crippen LogP contribution is -2.46. The summed E-state index contributed by atoms with van der Waals surface area (Å²) in [6.07, 6.45) is 8.02. The minimum atomic E-state index is -0.741. The molecule has 3 N–H and O–H groups in total. The molecule has 3 rings (SSSR count). The molecule has 0 aromatic carbocycles. The highest BCUT2D eigenvalue weighted by Crippen LogP contribution is 2.31. The first-order valence-corrected chi connectivity index (χ1v) is 9.57. The Bertz CT molecular complexity index is 835. The van der Waals surface area contributed by atoms with E-state index in [0.29, 0.717) is 13.0 Å². The molecule has 1 saturated heterocycles. The molecule has 3 atom stereocenters. The summed E-state index contributed by atoms with van der Waals surface area (Å²) in [5.74, 6) is -0.234. The molecule has 9 nitrogen and oxygen atoms in total. The van der Waals surface area contributed by atoms with Crippen molar-refractivity contribution in [2.75, 3.05) is 13.1 Å². The fourth-order valence-electron chi connectivity index (χ4n) is 3.61. The number of amides is 2. The van der Waals surface area contributed by atoms with Gasteiger partial charge in [-0.25, -0.2) is 0 Å². The largest absolute Gasteiger partial charge is 0.349 e. The summed E-state index contributed by atoms with van der Waals surface area (Å²) >= 11 is 0. The molecule has 0 radical (unpaired) electrons. The standard InChI is InChI=1S/C19H29N7O2/c1-13(15-8-21-25(3)10-15)23-17(27)7-19(5-6-20-12-19)18(28)24-14(2)16-9-22-26(4)11-16/h8-11,13-14,20H,5-7,12H2,1-4H3,(H,23,27)(H,24,28). The molecule has 0 saturated carbocycles. The van der Waals surface area contributed by atoms with Crippen molar-refractivity contribution < 1.29 is 9.59 Å². The Hall–Kier alpha value is -2.68. The molecular formula is C19H29N7O2. The highest BCUT2D eigenvalue weighted by Gasteiger charge is 2.43. The van der Waals surface area contributed by atoms with Crippen LogP contribution in [0.1, 0.15) is 49.9 Å². The number of rotatable bonds is 7. The van der Waals surface area contributed by atoms with Gasteiger partial charge in [0.05, 0.1) is 29.9 Å². The highest BCUT2D eigenvalue weighted by atomic mass is 16.2. The van der Waals surface area contributed by atoms with Gasteiger partial charge >= 0.3 is 0 Å². The maximum atomic E-state index is 13.1. The maximum Gasteiger partial charge on any atom is 0.228 e. The van der Waals surface area contributed by atoms with E-state index in [0.717, 1.165) is 17.7 Å². The van der Waals surface area contributed by atoms with Crippen LogP contribution in [0.15, 0.2) is 24.8 Å². The van der Waals surface area contributed by atoms with Crippen molar-refractivity contribution in [3.05, 3.63) is 35.9 Å². The molecule has 0 aliphatic carbocycles. The van der Waals surface area contributed by atoms with Gasteiger partial charge in [0.1, 0.15) is 0 Å². The lowest BCUT2D eigenvalue weighted by atomic mass is 9.81. The average Bonchev–Trinajstić information content (AvgIpc) is 3.36. The van der Waals surface area contributed by atoms with Gasteiger partial charge in [0, 0.05) is 50.6 Å². The average molecular weight is 387 g/mol. The summed E-state index contributed by atoms with van der Waals surface area (Å²) in [4.78, 5) is 25.8. The SMILES string of the molecule is CC(NC(=O)CC1(C(=O)NC(C)c2cnn(C)c2)CCNC1)c1cnn(C)c1. The Morgan fingerprint density at radius 3 is 2.14 bits per heavy atom. The van der Waals surface area contributed by atoms with Crippen LogP contribution in [0.2, 0.25) is 0 Å². The van der Waals surface area contributed by atoms with Crippen LogP contribution < -0.4 is 16.0 Å². The van der Waals surface area contributed by atoms with Crippen molar-refractivity contribution in [3.63, 3.8) is 0 Å². The van der Waals surface area contributed by atoms with E-state index in [4.69, 9.17) is 0 Å². The topological polar surface area (TPSA) is 106 Å². The Labute approximate surface area is 164 Å². The molecule has 0 bridgehead atoms. The van der Waals surface area contributed by atoms with E-state index in [2.05, 4.69) is 26.1 Å². The van der Waals surface area contributed by atoms with E-state index in [1.54, 1.807) is 21.8 Å². The Morgan fingerprint density at radius 2 is 1.68 bits per heavy atom. The molecule has 3 unspecified atom stereocenters. The predicted octanol–water partition coefficient (Wildman–Crippen LogP) is 0.578. The normalized spacial score (nSPS) is 21.3. The second-order valence-electron chi connectivity index (χ2n) is 7.76. The fourth-order valence-corrected chi connectivity index (χ4v) is 3.61. The minimum absolute atomic E-state index is 0.0990. The minimum Gasteiger partial charge on any atom is -0.349 e. The number of nitrogens with one attached hydrogen (secondary N) is 3. The Kier molecular flexibility index (Phi) is 5.83. The van der Waals surface area contributed by atoms with Crippen LogP contribution in [-0.2, 0) is 23.7 Å². The Morgan fingerprint density at radius 1 is 1.11 bits per heavy atom. The zero-order valence-electron chi connectivity index (χ0n) is 16.9. The van der Waals surface area contributed by atoms with E-state index >= 15 is 0 Å². The number of carbonyl (C=O) groups excluding carboxylic acids is 2. The monoisotopic (exact) mass is 387 g/mol. The van der Waals surface area contributed by atoms with Crippen LogP contribution in [0.5, 0.6) is 0 Å². The summed E-state index contributed by atoms with van der Waals surface area (Å²) in [6.45, 7) is 5.06. The summed E-state index contributed by atoms with van der Waals surface area (Å²) in [5, 5.41) is 17.6. The zero-order chi connectivity index (χ0) is 20.3. The molecule has 152 valence electrons. The molecule has 28 heavy (non-hydrogen) atoms. The van der Waals surface area contributed by atoms with Crippen LogP contribution in [0.4, 0.5) is 0 Å². The van der Waals surface area contributed by atoms with E-state index in [1.165, 1.54) is 0 Å². The molecule has 2 amide bonds. The number of nitrogens with zero attached hydrogens (tertiary/aromatic N) is 4. The molecule has 3 heterocycles. The van der Waals surface area contributed by atoms with Gasteiger partial charge in [-0.1, -0.05) is 0 Å². The summed E-state index contributed by atoms with van der Waals surface area (Å²) in [7, 11) is 3.68. The quantitative estimate of drug-likeness (QED) is 0.644. The van der Waals surface area contributed by atoms with Crippen molar-refractivity contribution in [3.8, 4) is 0 Å². The number of aryl methyl sites for hydroxylation is 2. The lowest BCUT2D eigenvalue weighted by molar-refractivity contribution is -0.136. The number of carbonyl (C=O) groups is 2. The van der Waals surface area contributed by atoms with Gasteiger partial charge in [-0.15, -0.1) is 0 Å². The van der Waals surface area contributed by atoms with E-state index in [1.807, 2.05) is 40.3 Å². The van der Waals surface area contributed by atoms with Gasteiger partial charge in [-0.2, -0.15) is 10.2 Å².